The first-order valence-corrected chi connectivity index (χ1v) is 5.44. The van der Waals surface area contributed by atoms with Gasteiger partial charge in [-0.1, -0.05) is 0 Å². The molecule has 0 spiro atoms. The van der Waals surface area contributed by atoms with Crippen LogP contribution in [0.2, 0.25) is 0 Å². The summed E-state index contributed by atoms with van der Waals surface area (Å²) in [6, 6.07) is 2.56. The second-order valence-electron chi connectivity index (χ2n) is 3.41. The zero-order valence-corrected chi connectivity index (χ0v) is 10.2. The lowest BCUT2D eigenvalue weighted by Gasteiger charge is -2.03. The number of halogens is 1. The Kier molecular flexibility index (Phi) is 2.87. The Morgan fingerprint density at radius 3 is 2.67 bits per heavy atom. The molecule has 0 saturated carbocycles. The lowest BCUT2D eigenvalue weighted by Crippen LogP contribution is -2.16. The Morgan fingerprint density at radius 1 is 1.44 bits per heavy atom. The predicted molar refractivity (Wildman–Crippen MR) is 65.9 cm³/mol. The first-order valence-electron chi connectivity index (χ1n) is 4.65. The van der Waals surface area contributed by atoms with E-state index in [0.717, 1.165) is 12.3 Å². The van der Waals surface area contributed by atoms with Crippen molar-refractivity contribution in [3.05, 3.63) is 48.7 Å². The van der Waals surface area contributed by atoms with Crippen LogP contribution in [0.15, 0.2) is 27.6 Å². The molecule has 0 saturated heterocycles. The molecule has 18 heavy (non-hydrogen) atoms. The van der Waals surface area contributed by atoms with Gasteiger partial charge in [-0.2, -0.15) is 0 Å². The number of carbonyl (C=O) groups is 1. The lowest BCUT2D eigenvalue weighted by molar-refractivity contribution is -0.383. The third kappa shape index (κ3) is 1.76. The highest BCUT2D eigenvalue weighted by Gasteiger charge is 2.21. The number of benzene rings is 1. The number of nitro groups is 1. The van der Waals surface area contributed by atoms with Crippen molar-refractivity contribution in [1.82, 2.24) is 4.98 Å². The molecule has 1 heterocycles. The van der Waals surface area contributed by atoms with E-state index in [0.29, 0.717) is 4.47 Å². The van der Waals surface area contributed by atoms with Crippen molar-refractivity contribution < 1.29 is 14.8 Å². The molecule has 0 radical (unpaired) electrons. The number of rotatable bonds is 2. The van der Waals surface area contributed by atoms with E-state index < -0.39 is 27.6 Å². The van der Waals surface area contributed by atoms with E-state index in [4.69, 9.17) is 5.11 Å². The number of nitrogens with one attached hydrogen (secondary N) is 1. The van der Waals surface area contributed by atoms with Crippen molar-refractivity contribution in [3.8, 4) is 0 Å². The number of carboxylic acids is 1. The maximum Gasteiger partial charge on any atom is 0.341 e. The molecule has 2 N–H and O–H groups in total. The van der Waals surface area contributed by atoms with E-state index in [2.05, 4.69) is 20.9 Å². The summed E-state index contributed by atoms with van der Waals surface area (Å²) in [4.78, 5) is 35.4. The topological polar surface area (TPSA) is 113 Å². The first kappa shape index (κ1) is 12.2. The van der Waals surface area contributed by atoms with Gasteiger partial charge in [0.15, 0.2) is 0 Å². The van der Waals surface area contributed by atoms with Crippen molar-refractivity contribution in [1.29, 1.82) is 0 Å². The minimum absolute atomic E-state index is 0.194. The number of nitro benzene ring substituents is 1. The molecule has 0 atom stereocenters. The Labute approximate surface area is 107 Å². The van der Waals surface area contributed by atoms with Crippen LogP contribution in [0.4, 0.5) is 5.69 Å². The number of pyridine rings is 1. The fourth-order valence-corrected chi connectivity index (χ4v) is 2.04. The molecule has 0 aliphatic carbocycles. The van der Waals surface area contributed by atoms with Crippen molar-refractivity contribution in [2.75, 3.05) is 0 Å². The normalized spacial score (nSPS) is 10.5. The van der Waals surface area contributed by atoms with E-state index in [1.165, 1.54) is 6.07 Å². The van der Waals surface area contributed by atoms with Crippen molar-refractivity contribution in [2.24, 2.45) is 0 Å². The maximum atomic E-state index is 11.9. The Hall–Kier alpha value is -2.22. The average Bonchev–Trinajstić information content (AvgIpc) is 2.29. The number of aromatic amines is 1. The predicted octanol–water partition coefficient (Wildman–Crippen LogP) is 1.90. The minimum atomic E-state index is -1.44. The molecule has 92 valence electrons. The van der Waals surface area contributed by atoms with Gasteiger partial charge in [0, 0.05) is 16.7 Å². The lowest BCUT2D eigenvalue weighted by atomic mass is 10.1. The van der Waals surface area contributed by atoms with Crippen LogP contribution in [0, 0.1) is 10.1 Å². The smallest absolute Gasteiger partial charge is 0.341 e. The molecule has 2 aromatic rings. The Balaban J connectivity index is 3.03. The fourth-order valence-electron chi connectivity index (χ4n) is 1.59. The molecule has 0 unspecified atom stereocenters. The van der Waals surface area contributed by atoms with Gasteiger partial charge < -0.3 is 10.1 Å². The monoisotopic (exact) mass is 312 g/mol. The summed E-state index contributed by atoms with van der Waals surface area (Å²) in [5, 5.41) is 19.4. The minimum Gasteiger partial charge on any atom is -0.477 e. The average molecular weight is 313 g/mol. The van der Waals surface area contributed by atoms with Gasteiger partial charge in [0.25, 0.3) is 5.69 Å². The van der Waals surface area contributed by atoms with Crippen molar-refractivity contribution in [3.63, 3.8) is 0 Å². The largest absolute Gasteiger partial charge is 0.477 e. The van der Waals surface area contributed by atoms with Gasteiger partial charge in [-0.15, -0.1) is 0 Å². The Morgan fingerprint density at radius 2 is 2.11 bits per heavy atom. The van der Waals surface area contributed by atoms with Gasteiger partial charge in [0.2, 0.25) is 5.43 Å². The maximum absolute atomic E-state index is 11.9. The first-order chi connectivity index (χ1) is 8.43. The second kappa shape index (κ2) is 4.22. The number of nitrogens with zero attached hydrogens (tertiary/aromatic N) is 1. The van der Waals surface area contributed by atoms with Gasteiger partial charge in [-0.3, -0.25) is 14.9 Å². The zero-order chi connectivity index (χ0) is 13.4. The van der Waals surface area contributed by atoms with E-state index in [9.17, 15) is 19.7 Å². The van der Waals surface area contributed by atoms with Crippen LogP contribution in [-0.2, 0) is 0 Å². The second-order valence-corrected chi connectivity index (χ2v) is 4.26. The molecular weight excluding hydrogens is 308 g/mol. The molecule has 7 nitrogen and oxygen atoms in total. The summed E-state index contributed by atoms with van der Waals surface area (Å²) in [5.41, 5.74) is -1.66. The van der Waals surface area contributed by atoms with Crippen LogP contribution in [0.25, 0.3) is 10.9 Å². The summed E-state index contributed by atoms with van der Waals surface area (Å²) in [5.74, 6) is -1.44. The number of aromatic carboxylic acids is 1. The quantitative estimate of drug-likeness (QED) is 0.649. The molecular formula is C10H5BrN2O5. The zero-order valence-electron chi connectivity index (χ0n) is 8.64. The SMILES string of the molecule is O=C(O)c1c[nH]c2c(Br)ccc([N+](=O)[O-])c2c1=O. The van der Waals surface area contributed by atoms with Crippen LogP contribution >= 0.6 is 15.9 Å². The molecule has 0 amide bonds. The third-order valence-corrected chi connectivity index (χ3v) is 3.05. The number of fused-ring (bicyclic) bond motifs is 1. The number of carboxylic acid groups (broad SMARTS) is 1. The van der Waals surface area contributed by atoms with Crippen molar-refractivity contribution in [2.45, 2.75) is 0 Å². The number of non-ortho nitro benzene ring substituents is 1. The molecule has 8 heteroatoms. The molecule has 1 aromatic heterocycles. The van der Waals surface area contributed by atoms with E-state index in [-0.39, 0.29) is 10.9 Å². The molecule has 0 fully saturated rings. The van der Waals surface area contributed by atoms with E-state index in [1.807, 2.05) is 0 Å². The molecule has 0 aliphatic heterocycles. The van der Waals surface area contributed by atoms with Crippen LogP contribution < -0.4 is 5.43 Å². The number of H-pyrrole nitrogens is 1. The van der Waals surface area contributed by atoms with Gasteiger partial charge in [-0.25, -0.2) is 4.79 Å². The van der Waals surface area contributed by atoms with Crippen LogP contribution in [0.1, 0.15) is 10.4 Å². The fraction of sp³-hybridized carbons (Fsp3) is 0. The van der Waals surface area contributed by atoms with Crippen LogP contribution in [-0.4, -0.2) is 21.0 Å². The van der Waals surface area contributed by atoms with E-state index in [1.54, 1.807) is 0 Å². The summed E-state index contributed by atoms with van der Waals surface area (Å²) in [6.45, 7) is 0. The number of hydrogen-bond acceptors (Lipinski definition) is 4. The number of hydrogen-bond donors (Lipinski definition) is 2. The highest BCUT2D eigenvalue weighted by atomic mass is 79.9. The van der Waals surface area contributed by atoms with E-state index >= 15 is 0 Å². The molecule has 1 aromatic carbocycles. The van der Waals surface area contributed by atoms with Gasteiger partial charge in [0.1, 0.15) is 10.9 Å². The van der Waals surface area contributed by atoms with Crippen LogP contribution in [0.5, 0.6) is 0 Å². The highest BCUT2D eigenvalue weighted by Crippen LogP contribution is 2.27. The summed E-state index contributed by atoms with van der Waals surface area (Å²) in [6.07, 6.45) is 1.02. The van der Waals surface area contributed by atoms with Crippen LogP contribution in [0.3, 0.4) is 0 Å². The van der Waals surface area contributed by atoms with Crippen molar-refractivity contribution >= 4 is 38.5 Å². The standard InChI is InChI=1S/C10H5BrN2O5/c11-5-1-2-6(13(17)18)7-8(5)12-3-4(9(7)14)10(15)16/h1-3H,(H,12,14)(H,15,16). The highest BCUT2D eigenvalue weighted by molar-refractivity contribution is 9.10. The summed E-state index contributed by atoms with van der Waals surface area (Å²) in [7, 11) is 0. The molecule has 2 rings (SSSR count). The summed E-state index contributed by atoms with van der Waals surface area (Å²) >= 11 is 3.14. The summed E-state index contributed by atoms with van der Waals surface area (Å²) < 4.78 is 0.442. The Bertz CT molecular complexity index is 737. The van der Waals surface area contributed by atoms with Gasteiger partial charge >= 0.3 is 5.97 Å². The van der Waals surface area contributed by atoms with Gasteiger partial charge in [-0.05, 0) is 22.0 Å². The van der Waals surface area contributed by atoms with Gasteiger partial charge in [0.05, 0.1) is 10.4 Å². The third-order valence-electron chi connectivity index (χ3n) is 2.39. The molecule has 0 aliphatic rings. The number of aromatic nitrogens is 1. The molecule has 0 bridgehead atoms.